The normalized spacial score (nSPS) is 10.4. The molecule has 2 aromatic carbocycles. The van der Waals surface area contributed by atoms with Crippen LogP contribution in [0.4, 0.5) is 4.39 Å². The van der Waals surface area contributed by atoms with Crippen molar-refractivity contribution in [3.05, 3.63) is 57.8 Å². The molecule has 2 rings (SSSR count). The zero-order valence-electron chi connectivity index (χ0n) is 16.0. The van der Waals surface area contributed by atoms with Gasteiger partial charge in [0.2, 0.25) is 0 Å². The van der Waals surface area contributed by atoms with E-state index >= 15 is 0 Å². The van der Waals surface area contributed by atoms with E-state index in [-0.39, 0.29) is 24.8 Å². The topological polar surface area (TPSA) is 50.7 Å². The van der Waals surface area contributed by atoms with E-state index in [1.807, 2.05) is 19.1 Å². The molecule has 0 unspecified atom stereocenters. The summed E-state index contributed by atoms with van der Waals surface area (Å²) in [7, 11) is 0. The second kappa shape index (κ2) is 13.8. The smallest absolute Gasteiger partial charge is 0.175 e. The molecule has 0 saturated carbocycles. The van der Waals surface area contributed by atoms with Gasteiger partial charge >= 0.3 is 0 Å². The van der Waals surface area contributed by atoms with Crippen LogP contribution in [0.15, 0.2) is 40.9 Å². The Balaban J connectivity index is 0.00000392. The average molecular weight is 477 g/mol. The zero-order valence-corrected chi connectivity index (χ0v) is 18.5. The maximum Gasteiger partial charge on any atom is 0.175 e. The number of nitrogens with one attached hydrogen (secondary N) is 1. The van der Waals surface area contributed by atoms with Crippen molar-refractivity contribution in [1.29, 1.82) is 0 Å². The van der Waals surface area contributed by atoms with Crippen LogP contribution in [0.5, 0.6) is 11.5 Å². The molecule has 2 N–H and O–H groups in total. The van der Waals surface area contributed by atoms with Crippen LogP contribution >= 0.6 is 28.3 Å². The molecule has 0 aliphatic heterocycles. The lowest BCUT2D eigenvalue weighted by Gasteiger charge is -2.16. The van der Waals surface area contributed by atoms with Gasteiger partial charge in [-0.3, -0.25) is 0 Å². The van der Waals surface area contributed by atoms with Gasteiger partial charge in [0, 0.05) is 13.2 Å². The van der Waals surface area contributed by atoms with Crippen LogP contribution in [0.1, 0.15) is 37.3 Å². The van der Waals surface area contributed by atoms with Gasteiger partial charge in [0.1, 0.15) is 12.4 Å². The number of hydrogen-bond donors (Lipinski definition) is 2. The first kappa shape index (κ1) is 24.7. The van der Waals surface area contributed by atoms with Crippen LogP contribution in [-0.2, 0) is 13.2 Å². The molecule has 0 aromatic heterocycles. The lowest BCUT2D eigenvalue weighted by molar-refractivity contribution is 0.267. The average Bonchev–Trinajstić information content (AvgIpc) is 2.65. The number of halogens is 3. The second-order valence-electron chi connectivity index (χ2n) is 6.21. The highest BCUT2D eigenvalue weighted by Crippen LogP contribution is 2.37. The molecule has 2 aromatic rings. The summed E-state index contributed by atoms with van der Waals surface area (Å²) in [4.78, 5) is 0. The number of ether oxygens (including phenoxy) is 2. The van der Waals surface area contributed by atoms with Crippen molar-refractivity contribution in [2.24, 2.45) is 0 Å². The van der Waals surface area contributed by atoms with E-state index in [9.17, 15) is 4.39 Å². The minimum Gasteiger partial charge on any atom is -0.490 e. The fourth-order valence-corrected chi connectivity index (χ4v) is 3.24. The number of hydrogen-bond acceptors (Lipinski definition) is 4. The van der Waals surface area contributed by atoms with Crippen LogP contribution in [0.25, 0.3) is 0 Å². The standard InChI is InChI=1S/C21H27BrFNO3.ClH/c1-2-26-20-13-17(14-24-10-4-3-5-11-25)12-19(22)21(20)27-15-16-6-8-18(23)9-7-16;/h6-9,12-13,24-25H,2-5,10-11,14-15H2,1H3;1H. The Bertz CT molecular complexity index is 701. The molecule has 4 nitrogen and oxygen atoms in total. The van der Waals surface area contributed by atoms with E-state index in [0.29, 0.717) is 24.7 Å². The predicted molar refractivity (Wildman–Crippen MR) is 116 cm³/mol. The quantitative estimate of drug-likeness (QED) is 0.411. The maximum absolute atomic E-state index is 13.0. The fraction of sp³-hybridized carbons (Fsp3) is 0.429. The van der Waals surface area contributed by atoms with Crippen molar-refractivity contribution >= 4 is 28.3 Å². The van der Waals surface area contributed by atoms with Gasteiger partial charge in [-0.1, -0.05) is 12.1 Å². The molecule has 0 atom stereocenters. The van der Waals surface area contributed by atoms with E-state index in [2.05, 4.69) is 21.2 Å². The Morgan fingerprint density at radius 3 is 2.46 bits per heavy atom. The Kier molecular flexibility index (Phi) is 12.1. The minimum atomic E-state index is -0.261. The summed E-state index contributed by atoms with van der Waals surface area (Å²) >= 11 is 3.58. The summed E-state index contributed by atoms with van der Waals surface area (Å²) in [5.74, 6) is 1.07. The molecule has 0 fully saturated rings. The van der Waals surface area contributed by atoms with Gasteiger partial charge in [0.15, 0.2) is 11.5 Å². The molecule has 7 heteroatoms. The summed E-state index contributed by atoms with van der Waals surface area (Å²) in [6.07, 6.45) is 2.91. The second-order valence-corrected chi connectivity index (χ2v) is 7.07. The first-order valence-electron chi connectivity index (χ1n) is 9.28. The lowest BCUT2D eigenvalue weighted by Crippen LogP contribution is -2.15. The summed E-state index contributed by atoms with van der Waals surface area (Å²) in [6.45, 7) is 4.70. The third-order valence-electron chi connectivity index (χ3n) is 4.01. The Morgan fingerprint density at radius 1 is 1.04 bits per heavy atom. The van der Waals surface area contributed by atoms with Gasteiger partial charge in [0.25, 0.3) is 0 Å². The largest absolute Gasteiger partial charge is 0.490 e. The third-order valence-corrected chi connectivity index (χ3v) is 4.60. The first-order valence-corrected chi connectivity index (χ1v) is 10.1. The van der Waals surface area contributed by atoms with Crippen molar-refractivity contribution in [2.75, 3.05) is 19.8 Å². The molecule has 28 heavy (non-hydrogen) atoms. The van der Waals surface area contributed by atoms with Crippen LogP contribution < -0.4 is 14.8 Å². The fourth-order valence-electron chi connectivity index (χ4n) is 2.63. The molecular formula is C21H28BrClFNO3. The van der Waals surface area contributed by atoms with Crippen LogP contribution in [0.3, 0.4) is 0 Å². The number of aliphatic hydroxyl groups excluding tert-OH is 1. The maximum atomic E-state index is 13.0. The van der Waals surface area contributed by atoms with Crippen LogP contribution in [0, 0.1) is 5.82 Å². The van der Waals surface area contributed by atoms with Gasteiger partial charge in [-0.2, -0.15) is 0 Å². The van der Waals surface area contributed by atoms with Crippen molar-refractivity contribution in [1.82, 2.24) is 5.32 Å². The zero-order chi connectivity index (χ0) is 19.5. The van der Waals surface area contributed by atoms with Gasteiger partial charge in [-0.25, -0.2) is 4.39 Å². The molecule has 0 radical (unpaired) electrons. The van der Waals surface area contributed by atoms with E-state index < -0.39 is 0 Å². The Morgan fingerprint density at radius 2 is 1.79 bits per heavy atom. The molecule has 156 valence electrons. The first-order chi connectivity index (χ1) is 13.1. The molecule has 0 bridgehead atoms. The molecule has 0 heterocycles. The number of rotatable bonds is 12. The summed E-state index contributed by atoms with van der Waals surface area (Å²) in [5.41, 5.74) is 1.99. The van der Waals surface area contributed by atoms with Crippen molar-refractivity contribution in [3.8, 4) is 11.5 Å². The van der Waals surface area contributed by atoms with Crippen LogP contribution in [0.2, 0.25) is 0 Å². The number of unbranched alkanes of at least 4 members (excludes halogenated alkanes) is 2. The summed E-state index contributed by atoms with van der Waals surface area (Å²) < 4.78 is 25.5. The van der Waals surface area contributed by atoms with Crippen molar-refractivity contribution < 1.29 is 19.0 Å². The van der Waals surface area contributed by atoms with E-state index in [1.54, 1.807) is 12.1 Å². The minimum absolute atomic E-state index is 0. The molecular weight excluding hydrogens is 449 g/mol. The predicted octanol–water partition coefficient (Wildman–Crippen LogP) is 5.24. The van der Waals surface area contributed by atoms with Gasteiger partial charge in [0.05, 0.1) is 11.1 Å². The Labute approximate surface area is 181 Å². The van der Waals surface area contributed by atoms with Gasteiger partial charge < -0.3 is 19.9 Å². The third kappa shape index (κ3) is 8.35. The number of benzene rings is 2. The van der Waals surface area contributed by atoms with Crippen LogP contribution in [-0.4, -0.2) is 24.9 Å². The van der Waals surface area contributed by atoms with E-state index in [4.69, 9.17) is 14.6 Å². The molecule has 0 aliphatic rings. The van der Waals surface area contributed by atoms with Gasteiger partial charge in [-0.15, -0.1) is 12.4 Å². The van der Waals surface area contributed by atoms with Gasteiger partial charge in [-0.05, 0) is 84.1 Å². The highest BCUT2D eigenvalue weighted by Gasteiger charge is 2.12. The van der Waals surface area contributed by atoms with E-state index in [1.165, 1.54) is 12.1 Å². The Hall–Kier alpha value is -1.34. The number of aliphatic hydroxyl groups is 1. The molecule has 0 aliphatic carbocycles. The molecule has 0 saturated heterocycles. The summed E-state index contributed by atoms with van der Waals surface area (Å²) in [5, 5.41) is 12.2. The van der Waals surface area contributed by atoms with Crippen molar-refractivity contribution in [2.45, 2.75) is 39.3 Å². The summed E-state index contributed by atoms with van der Waals surface area (Å²) in [6, 6.07) is 10.3. The van der Waals surface area contributed by atoms with E-state index in [0.717, 1.165) is 48.0 Å². The SMILES string of the molecule is CCOc1cc(CNCCCCCO)cc(Br)c1OCc1ccc(F)cc1.Cl. The monoisotopic (exact) mass is 475 g/mol. The molecule has 0 spiro atoms. The highest BCUT2D eigenvalue weighted by molar-refractivity contribution is 9.10. The van der Waals surface area contributed by atoms with Crippen molar-refractivity contribution in [3.63, 3.8) is 0 Å². The molecule has 0 amide bonds. The highest BCUT2D eigenvalue weighted by atomic mass is 79.9. The lowest BCUT2D eigenvalue weighted by atomic mass is 10.2.